The SMILES string of the molecule is O=C(CNc1cc(F)ccc1Cl)NC1CCOCC1. The first-order valence-electron chi connectivity index (χ1n) is 6.21. The summed E-state index contributed by atoms with van der Waals surface area (Å²) in [5.41, 5.74) is 0.420. The Morgan fingerprint density at radius 2 is 2.16 bits per heavy atom. The molecule has 1 aliphatic rings. The van der Waals surface area contributed by atoms with E-state index >= 15 is 0 Å². The molecule has 1 heterocycles. The number of rotatable bonds is 4. The quantitative estimate of drug-likeness (QED) is 0.892. The van der Waals surface area contributed by atoms with Crippen molar-refractivity contribution in [3.8, 4) is 0 Å². The van der Waals surface area contributed by atoms with Crippen LogP contribution in [0.15, 0.2) is 18.2 Å². The molecule has 0 spiro atoms. The molecule has 0 aromatic heterocycles. The summed E-state index contributed by atoms with van der Waals surface area (Å²) in [6, 6.07) is 4.15. The predicted octanol–water partition coefficient (Wildman–Crippen LogP) is 2.19. The lowest BCUT2D eigenvalue weighted by molar-refractivity contribution is -0.120. The van der Waals surface area contributed by atoms with E-state index in [4.69, 9.17) is 16.3 Å². The third-order valence-electron chi connectivity index (χ3n) is 2.95. The first-order chi connectivity index (χ1) is 9.15. The van der Waals surface area contributed by atoms with E-state index in [1.54, 1.807) is 0 Å². The number of nitrogens with one attached hydrogen (secondary N) is 2. The van der Waals surface area contributed by atoms with Crippen molar-refractivity contribution in [2.24, 2.45) is 0 Å². The van der Waals surface area contributed by atoms with Crippen LogP contribution in [-0.4, -0.2) is 31.7 Å². The molecule has 0 unspecified atom stereocenters. The normalized spacial score (nSPS) is 16.1. The molecule has 0 radical (unpaired) electrons. The molecule has 1 aromatic carbocycles. The van der Waals surface area contributed by atoms with Gasteiger partial charge in [0.2, 0.25) is 5.91 Å². The van der Waals surface area contributed by atoms with E-state index in [9.17, 15) is 9.18 Å². The molecule has 0 saturated carbocycles. The minimum Gasteiger partial charge on any atom is -0.381 e. The number of amides is 1. The molecule has 0 aliphatic carbocycles. The zero-order valence-electron chi connectivity index (χ0n) is 10.4. The first kappa shape index (κ1) is 14.1. The van der Waals surface area contributed by atoms with Crippen molar-refractivity contribution >= 4 is 23.2 Å². The number of hydrogen-bond donors (Lipinski definition) is 2. The van der Waals surface area contributed by atoms with Gasteiger partial charge in [0.1, 0.15) is 5.82 Å². The fourth-order valence-corrected chi connectivity index (χ4v) is 2.11. The zero-order valence-corrected chi connectivity index (χ0v) is 11.2. The zero-order chi connectivity index (χ0) is 13.7. The number of halogens is 2. The molecule has 19 heavy (non-hydrogen) atoms. The highest BCUT2D eigenvalue weighted by atomic mass is 35.5. The molecule has 2 N–H and O–H groups in total. The summed E-state index contributed by atoms with van der Waals surface area (Å²) in [5, 5.41) is 6.12. The van der Waals surface area contributed by atoms with E-state index in [1.807, 2.05) is 0 Å². The van der Waals surface area contributed by atoms with Gasteiger partial charge in [-0.2, -0.15) is 0 Å². The maximum atomic E-state index is 13.0. The van der Waals surface area contributed by atoms with Crippen molar-refractivity contribution in [3.63, 3.8) is 0 Å². The number of hydrogen-bond acceptors (Lipinski definition) is 3. The van der Waals surface area contributed by atoms with Gasteiger partial charge in [0.25, 0.3) is 0 Å². The van der Waals surface area contributed by atoms with Crippen molar-refractivity contribution in [2.75, 3.05) is 25.1 Å². The second-order valence-electron chi connectivity index (χ2n) is 4.43. The van der Waals surface area contributed by atoms with Crippen LogP contribution in [-0.2, 0) is 9.53 Å². The molecule has 1 fully saturated rings. The predicted molar refractivity (Wildman–Crippen MR) is 71.9 cm³/mol. The van der Waals surface area contributed by atoms with Gasteiger partial charge >= 0.3 is 0 Å². The Balaban J connectivity index is 1.81. The van der Waals surface area contributed by atoms with Crippen LogP contribution in [0.25, 0.3) is 0 Å². The van der Waals surface area contributed by atoms with Crippen LogP contribution in [0.3, 0.4) is 0 Å². The Hall–Kier alpha value is -1.33. The molecular formula is C13H16ClFN2O2. The second kappa shape index (κ2) is 6.73. The highest BCUT2D eigenvalue weighted by molar-refractivity contribution is 6.33. The van der Waals surface area contributed by atoms with Crippen LogP contribution in [0.4, 0.5) is 10.1 Å². The molecule has 0 atom stereocenters. The maximum Gasteiger partial charge on any atom is 0.239 e. The Bertz CT molecular complexity index is 450. The van der Waals surface area contributed by atoms with Crippen molar-refractivity contribution < 1.29 is 13.9 Å². The van der Waals surface area contributed by atoms with Gasteiger partial charge < -0.3 is 15.4 Å². The molecule has 1 aliphatic heterocycles. The smallest absolute Gasteiger partial charge is 0.239 e. The molecule has 1 amide bonds. The average molecular weight is 287 g/mol. The monoisotopic (exact) mass is 286 g/mol. The third kappa shape index (κ3) is 4.36. The standard InChI is InChI=1S/C13H16ClFN2O2/c14-11-2-1-9(15)7-12(11)16-8-13(18)17-10-3-5-19-6-4-10/h1-2,7,10,16H,3-6,8H2,(H,17,18). The van der Waals surface area contributed by atoms with Gasteiger partial charge in [0.15, 0.2) is 0 Å². The highest BCUT2D eigenvalue weighted by Gasteiger charge is 2.15. The van der Waals surface area contributed by atoms with Gasteiger partial charge in [0.05, 0.1) is 17.3 Å². The van der Waals surface area contributed by atoms with Crippen LogP contribution in [0.5, 0.6) is 0 Å². The van der Waals surface area contributed by atoms with Crippen LogP contribution in [0.1, 0.15) is 12.8 Å². The summed E-state index contributed by atoms with van der Waals surface area (Å²) in [7, 11) is 0. The Kier molecular flexibility index (Phi) is 4.99. The first-order valence-corrected chi connectivity index (χ1v) is 6.59. The molecule has 1 aromatic rings. The van der Waals surface area contributed by atoms with Crippen molar-refractivity contribution in [1.29, 1.82) is 0 Å². The second-order valence-corrected chi connectivity index (χ2v) is 4.84. The minimum atomic E-state index is -0.392. The number of carbonyl (C=O) groups is 1. The fourth-order valence-electron chi connectivity index (χ4n) is 1.93. The molecule has 0 bridgehead atoms. The van der Waals surface area contributed by atoms with Gasteiger partial charge in [0, 0.05) is 19.3 Å². The molecule has 6 heteroatoms. The summed E-state index contributed by atoms with van der Waals surface area (Å²) in [4.78, 5) is 11.7. The van der Waals surface area contributed by atoms with Gasteiger partial charge in [-0.25, -0.2) is 4.39 Å². The van der Waals surface area contributed by atoms with Crippen molar-refractivity contribution in [2.45, 2.75) is 18.9 Å². The molecule has 1 saturated heterocycles. The van der Waals surface area contributed by atoms with E-state index in [0.29, 0.717) is 23.9 Å². The maximum absolute atomic E-state index is 13.0. The molecule has 4 nitrogen and oxygen atoms in total. The van der Waals surface area contributed by atoms with Gasteiger partial charge in [-0.1, -0.05) is 11.6 Å². The summed E-state index contributed by atoms with van der Waals surface area (Å²) < 4.78 is 18.2. The molecule has 2 rings (SSSR count). The van der Waals surface area contributed by atoms with Gasteiger partial charge in [-0.05, 0) is 31.0 Å². The van der Waals surface area contributed by atoms with E-state index in [1.165, 1.54) is 18.2 Å². The third-order valence-corrected chi connectivity index (χ3v) is 3.28. The topological polar surface area (TPSA) is 50.4 Å². The van der Waals surface area contributed by atoms with Gasteiger partial charge in [-0.15, -0.1) is 0 Å². The summed E-state index contributed by atoms with van der Waals surface area (Å²) in [5.74, 6) is -0.524. The van der Waals surface area contributed by atoms with Crippen LogP contribution < -0.4 is 10.6 Å². The summed E-state index contributed by atoms with van der Waals surface area (Å²) in [6.07, 6.45) is 1.65. The number of carbonyl (C=O) groups excluding carboxylic acids is 1. The Labute approximate surface area is 116 Å². The largest absolute Gasteiger partial charge is 0.381 e. The van der Waals surface area contributed by atoms with E-state index < -0.39 is 5.82 Å². The minimum absolute atomic E-state index is 0.0700. The van der Waals surface area contributed by atoms with Crippen LogP contribution >= 0.6 is 11.6 Å². The number of anilines is 1. The lowest BCUT2D eigenvalue weighted by atomic mass is 10.1. The lowest BCUT2D eigenvalue weighted by Crippen LogP contribution is -2.41. The average Bonchev–Trinajstić information content (AvgIpc) is 2.41. The Morgan fingerprint density at radius 3 is 2.89 bits per heavy atom. The van der Waals surface area contributed by atoms with Crippen LogP contribution in [0.2, 0.25) is 5.02 Å². The summed E-state index contributed by atoms with van der Waals surface area (Å²) in [6.45, 7) is 1.42. The van der Waals surface area contributed by atoms with E-state index in [0.717, 1.165) is 12.8 Å². The van der Waals surface area contributed by atoms with Gasteiger partial charge in [-0.3, -0.25) is 4.79 Å². The van der Waals surface area contributed by atoms with Crippen molar-refractivity contribution in [1.82, 2.24) is 5.32 Å². The number of ether oxygens (including phenoxy) is 1. The molecular weight excluding hydrogens is 271 g/mol. The van der Waals surface area contributed by atoms with E-state index in [-0.39, 0.29) is 18.5 Å². The van der Waals surface area contributed by atoms with Crippen LogP contribution in [0, 0.1) is 5.82 Å². The fraction of sp³-hybridized carbons (Fsp3) is 0.462. The van der Waals surface area contributed by atoms with Crippen molar-refractivity contribution in [3.05, 3.63) is 29.0 Å². The number of benzene rings is 1. The molecule has 104 valence electrons. The van der Waals surface area contributed by atoms with E-state index in [2.05, 4.69) is 10.6 Å². The summed E-state index contributed by atoms with van der Waals surface area (Å²) >= 11 is 5.89. The highest BCUT2D eigenvalue weighted by Crippen LogP contribution is 2.21. The Morgan fingerprint density at radius 1 is 1.42 bits per heavy atom. The lowest BCUT2D eigenvalue weighted by Gasteiger charge is -2.23.